The molecule has 6 rings (SSSR count). The summed E-state index contributed by atoms with van der Waals surface area (Å²) in [5.41, 5.74) is 3.49. The van der Waals surface area contributed by atoms with Crippen LogP contribution in [0, 0.1) is 11.6 Å². The lowest BCUT2D eigenvalue weighted by atomic mass is 10.0. The summed E-state index contributed by atoms with van der Waals surface area (Å²) in [6, 6.07) is 2.18. The third-order valence-corrected chi connectivity index (χ3v) is 9.02. The molecule has 5 heterocycles. The fourth-order valence-electron chi connectivity index (χ4n) is 6.34. The molecule has 1 fully saturated rings. The number of carbonyl (C=O) groups is 2. The molecule has 0 saturated carbocycles. The first-order valence-electron chi connectivity index (χ1n) is 15.3. The molecule has 2 aliphatic rings. The number of hydrogen-bond donors (Lipinski definition) is 3. The number of primary amides is 1. The number of pyridine rings is 1. The van der Waals surface area contributed by atoms with Crippen LogP contribution in [0.15, 0.2) is 29.3 Å². The molecule has 12 nitrogen and oxygen atoms in total. The number of carbonyl (C=O) groups excluding carboxylic acids is 2. The molecule has 1 saturated heterocycles. The van der Waals surface area contributed by atoms with Crippen LogP contribution in [0.2, 0.25) is 5.02 Å². The van der Waals surface area contributed by atoms with Crippen LogP contribution in [-0.2, 0) is 24.3 Å². The lowest BCUT2D eigenvalue weighted by Crippen LogP contribution is -2.52. The van der Waals surface area contributed by atoms with Crippen molar-refractivity contribution >= 4 is 46.0 Å². The number of fused-ring (bicyclic) bond motifs is 2. The van der Waals surface area contributed by atoms with Crippen molar-refractivity contribution < 1.29 is 36.6 Å². The van der Waals surface area contributed by atoms with E-state index in [0.29, 0.717) is 50.7 Å². The zero-order chi connectivity index (χ0) is 35.4. The molecule has 1 atom stereocenters. The fourth-order valence-corrected chi connectivity index (χ4v) is 6.49. The molecule has 0 unspecified atom stereocenters. The van der Waals surface area contributed by atoms with Crippen LogP contribution in [-0.4, -0.2) is 79.3 Å². The standard InChI is InChI=1S/C31H30ClF5N8O4/c1-15-12-42(6-4-31(35,36)37)7-8-44(15)22-10-20(19(32)11-39-22)40-23(46)14-43-13-18(16-9-17(28(38)48)27(47)26(34)25(16)33)24-29(43)41-21-3-2-5-45(21)30(24)49/h9-11,13,15,47H,2-8,12,14H2,1H3,(H2,38,48)(H,39,40,46)/t15-/m0/s1. The molecular weight excluding hydrogens is 679 g/mol. The van der Waals surface area contributed by atoms with Crippen molar-refractivity contribution in [1.82, 2.24) is 24.0 Å². The van der Waals surface area contributed by atoms with Gasteiger partial charge in [0.25, 0.3) is 11.5 Å². The summed E-state index contributed by atoms with van der Waals surface area (Å²) in [6.07, 6.45) is -1.51. The van der Waals surface area contributed by atoms with E-state index in [9.17, 15) is 37.1 Å². The zero-order valence-corrected chi connectivity index (χ0v) is 26.7. The van der Waals surface area contributed by atoms with Gasteiger partial charge in [-0.25, -0.2) is 14.4 Å². The van der Waals surface area contributed by atoms with Gasteiger partial charge in [0.15, 0.2) is 11.6 Å². The second-order valence-electron chi connectivity index (χ2n) is 12.0. The number of benzene rings is 1. The number of anilines is 2. The Labute approximate surface area is 279 Å². The molecule has 0 spiro atoms. The molecule has 2 aliphatic heterocycles. The van der Waals surface area contributed by atoms with Crippen LogP contribution in [0.25, 0.3) is 22.2 Å². The molecule has 0 aliphatic carbocycles. The van der Waals surface area contributed by atoms with E-state index in [0.717, 1.165) is 6.07 Å². The number of piperazine rings is 1. The van der Waals surface area contributed by atoms with Crippen molar-refractivity contribution in [2.75, 3.05) is 36.4 Å². The topological polar surface area (TPSA) is 152 Å². The number of hydrogen-bond acceptors (Lipinski definition) is 8. The predicted octanol–water partition coefficient (Wildman–Crippen LogP) is 4.04. The van der Waals surface area contributed by atoms with Crippen molar-refractivity contribution in [1.29, 1.82) is 0 Å². The molecule has 4 N–H and O–H groups in total. The largest absolute Gasteiger partial charge is 0.504 e. The van der Waals surface area contributed by atoms with Crippen molar-refractivity contribution in [3.63, 3.8) is 0 Å². The van der Waals surface area contributed by atoms with Crippen LogP contribution in [0.4, 0.5) is 33.5 Å². The summed E-state index contributed by atoms with van der Waals surface area (Å²) in [6.45, 7) is 2.75. The first kappa shape index (κ1) is 34.1. The van der Waals surface area contributed by atoms with Gasteiger partial charge in [-0.15, -0.1) is 0 Å². The van der Waals surface area contributed by atoms with Gasteiger partial charge < -0.3 is 25.6 Å². The number of amides is 2. The Kier molecular flexibility index (Phi) is 9.00. The van der Waals surface area contributed by atoms with Crippen LogP contribution in [0.3, 0.4) is 0 Å². The minimum absolute atomic E-state index is 0.00976. The highest BCUT2D eigenvalue weighted by Crippen LogP contribution is 2.36. The normalized spacial score (nSPS) is 16.7. The van der Waals surface area contributed by atoms with E-state index >= 15 is 4.39 Å². The van der Waals surface area contributed by atoms with Crippen molar-refractivity contribution in [3.8, 4) is 16.9 Å². The highest BCUT2D eigenvalue weighted by atomic mass is 35.5. The number of aryl methyl sites for hydroxylation is 1. The van der Waals surface area contributed by atoms with Gasteiger partial charge in [0.05, 0.1) is 34.3 Å². The SMILES string of the molecule is C[C@H]1CN(CCC(F)(F)F)CCN1c1cc(NC(=O)Cn2cc(-c3cc(C(N)=O)c(O)c(F)c3F)c3c(=O)n4c(nc32)CCC4)c(Cl)cn1. The number of phenols is 1. The van der Waals surface area contributed by atoms with E-state index < -0.39 is 65.0 Å². The van der Waals surface area contributed by atoms with Crippen LogP contribution >= 0.6 is 11.6 Å². The summed E-state index contributed by atoms with van der Waals surface area (Å²) in [5, 5.41) is 12.6. The molecule has 2 amide bonds. The molecule has 0 radical (unpaired) electrons. The number of alkyl halides is 3. The Morgan fingerprint density at radius 2 is 1.90 bits per heavy atom. The molecule has 1 aromatic carbocycles. The quantitative estimate of drug-likeness (QED) is 0.232. The van der Waals surface area contributed by atoms with Crippen molar-refractivity contribution in [3.05, 3.63) is 62.9 Å². The summed E-state index contributed by atoms with van der Waals surface area (Å²) in [4.78, 5) is 51.5. The number of nitrogens with one attached hydrogen (secondary N) is 1. The number of rotatable bonds is 8. The maximum atomic E-state index is 15.3. The van der Waals surface area contributed by atoms with Gasteiger partial charge >= 0.3 is 6.18 Å². The second kappa shape index (κ2) is 12.9. The number of nitrogens with two attached hydrogens (primary N) is 1. The first-order chi connectivity index (χ1) is 23.1. The number of halogens is 6. The predicted molar refractivity (Wildman–Crippen MR) is 170 cm³/mol. The molecule has 260 valence electrons. The van der Waals surface area contributed by atoms with E-state index in [-0.39, 0.29) is 39.9 Å². The smallest absolute Gasteiger partial charge is 0.390 e. The average Bonchev–Trinajstić information content (AvgIpc) is 3.65. The number of nitrogens with zero attached hydrogens (tertiary/aromatic N) is 6. The van der Waals surface area contributed by atoms with Gasteiger partial charge in [-0.1, -0.05) is 11.6 Å². The summed E-state index contributed by atoms with van der Waals surface area (Å²) < 4.78 is 70.8. The Balaban J connectivity index is 1.30. The Bertz CT molecular complexity index is 2050. The highest BCUT2D eigenvalue weighted by Gasteiger charge is 2.32. The van der Waals surface area contributed by atoms with Gasteiger partial charge in [-0.05, 0) is 19.4 Å². The second-order valence-corrected chi connectivity index (χ2v) is 12.5. The first-order valence-corrected chi connectivity index (χ1v) is 15.7. The summed E-state index contributed by atoms with van der Waals surface area (Å²) in [5.74, 6) is -5.54. The minimum Gasteiger partial charge on any atom is -0.504 e. The Hall–Kier alpha value is -4.77. The van der Waals surface area contributed by atoms with Crippen LogP contribution < -0.4 is 21.5 Å². The Morgan fingerprint density at radius 1 is 1.14 bits per heavy atom. The minimum atomic E-state index is -4.25. The average molecular weight is 709 g/mol. The van der Waals surface area contributed by atoms with Crippen LogP contribution in [0.5, 0.6) is 5.75 Å². The Morgan fingerprint density at radius 3 is 2.59 bits per heavy atom. The highest BCUT2D eigenvalue weighted by molar-refractivity contribution is 6.33. The lowest BCUT2D eigenvalue weighted by molar-refractivity contribution is -0.138. The molecule has 3 aromatic heterocycles. The molecule has 0 bridgehead atoms. The third kappa shape index (κ3) is 6.64. The maximum absolute atomic E-state index is 15.3. The van der Waals surface area contributed by atoms with Crippen molar-refractivity contribution in [2.24, 2.45) is 5.73 Å². The number of aromatic nitrogens is 4. The number of aromatic hydroxyl groups is 1. The van der Waals surface area contributed by atoms with Gasteiger partial charge in [0.2, 0.25) is 11.7 Å². The summed E-state index contributed by atoms with van der Waals surface area (Å²) in [7, 11) is 0. The molecule has 4 aromatic rings. The monoisotopic (exact) mass is 708 g/mol. The molecule has 49 heavy (non-hydrogen) atoms. The van der Waals surface area contributed by atoms with Gasteiger partial charge in [0, 0.05) is 68.6 Å². The zero-order valence-electron chi connectivity index (χ0n) is 26.0. The third-order valence-electron chi connectivity index (χ3n) is 8.72. The van der Waals surface area contributed by atoms with E-state index in [1.807, 2.05) is 11.8 Å². The molecule has 18 heteroatoms. The van der Waals surface area contributed by atoms with Crippen LogP contribution in [0.1, 0.15) is 35.9 Å². The van der Waals surface area contributed by atoms with E-state index in [4.69, 9.17) is 17.3 Å². The fraction of sp³-hybridized carbons (Fsp3) is 0.387. The maximum Gasteiger partial charge on any atom is 0.390 e. The van der Waals surface area contributed by atoms with Gasteiger partial charge in [-0.2, -0.15) is 17.6 Å². The van der Waals surface area contributed by atoms with E-state index in [2.05, 4.69) is 15.3 Å². The van der Waals surface area contributed by atoms with E-state index in [1.54, 1.807) is 11.0 Å². The lowest BCUT2D eigenvalue weighted by Gasteiger charge is -2.40. The van der Waals surface area contributed by atoms with Crippen molar-refractivity contribution in [2.45, 2.75) is 51.5 Å². The van der Waals surface area contributed by atoms with Gasteiger partial charge in [-0.3, -0.25) is 23.9 Å². The molecular formula is C31H30ClF5N8O4. The summed E-state index contributed by atoms with van der Waals surface area (Å²) >= 11 is 6.37. The van der Waals surface area contributed by atoms with E-state index in [1.165, 1.54) is 21.5 Å². The van der Waals surface area contributed by atoms with Gasteiger partial charge in [0.1, 0.15) is 23.8 Å².